The van der Waals surface area contributed by atoms with Crippen molar-refractivity contribution in [3.05, 3.63) is 47.4 Å². The maximum absolute atomic E-state index is 12.7. The second-order valence-corrected chi connectivity index (χ2v) is 8.09. The third kappa shape index (κ3) is 6.37. The number of guanidine groups is 1. The molecule has 1 fully saturated rings. The van der Waals surface area contributed by atoms with E-state index in [1.165, 1.54) is 0 Å². The van der Waals surface area contributed by atoms with Gasteiger partial charge in [-0.2, -0.15) is 0 Å². The van der Waals surface area contributed by atoms with Crippen LogP contribution in [0.4, 0.5) is 5.82 Å². The summed E-state index contributed by atoms with van der Waals surface area (Å²) in [6.07, 6.45) is 4.10. The highest BCUT2D eigenvalue weighted by molar-refractivity contribution is 6.30. The first-order valence-electron chi connectivity index (χ1n) is 10.7. The maximum atomic E-state index is 12.7. The number of anilines is 1. The predicted octanol–water partition coefficient (Wildman–Crippen LogP) is 2.21. The zero-order valence-electron chi connectivity index (χ0n) is 18.6. The molecule has 0 aromatic carbocycles. The molecule has 0 bridgehead atoms. The Balaban J connectivity index is 1.49. The summed E-state index contributed by atoms with van der Waals surface area (Å²) in [4.78, 5) is 27.9. The summed E-state index contributed by atoms with van der Waals surface area (Å²) < 4.78 is 2.01. The molecule has 0 spiro atoms. The number of nitrogens with zero attached hydrogens (tertiary/aromatic N) is 6. The van der Waals surface area contributed by atoms with Crippen LogP contribution in [-0.4, -0.2) is 77.5 Å². The molecule has 2 aromatic rings. The highest BCUT2D eigenvalue weighted by Crippen LogP contribution is 2.15. The van der Waals surface area contributed by atoms with Crippen molar-refractivity contribution in [1.29, 1.82) is 0 Å². The quantitative estimate of drug-likeness (QED) is 0.522. The first-order chi connectivity index (χ1) is 15.0. The van der Waals surface area contributed by atoms with Crippen molar-refractivity contribution in [2.24, 2.45) is 12.0 Å². The fourth-order valence-electron chi connectivity index (χ4n) is 3.65. The minimum absolute atomic E-state index is 0.150. The SMILES string of the molecule is CCNC(=NCCC(=O)N1CCN(c2ccccn2)CC1)N(C)Cc1cc(Cl)cn1C. The Labute approximate surface area is 189 Å². The highest BCUT2D eigenvalue weighted by atomic mass is 35.5. The van der Waals surface area contributed by atoms with Crippen LogP contribution in [0.15, 0.2) is 41.7 Å². The van der Waals surface area contributed by atoms with E-state index in [1.54, 1.807) is 6.20 Å². The van der Waals surface area contributed by atoms with Gasteiger partial charge in [0.1, 0.15) is 5.82 Å². The molecule has 0 unspecified atom stereocenters. The molecule has 0 radical (unpaired) electrons. The molecule has 0 saturated carbocycles. The lowest BCUT2D eigenvalue weighted by Crippen LogP contribution is -2.49. The Morgan fingerprint density at radius 2 is 2.06 bits per heavy atom. The van der Waals surface area contributed by atoms with Gasteiger partial charge in [-0.25, -0.2) is 4.98 Å². The number of carbonyl (C=O) groups is 1. The zero-order chi connectivity index (χ0) is 22.2. The zero-order valence-corrected chi connectivity index (χ0v) is 19.3. The smallest absolute Gasteiger partial charge is 0.224 e. The van der Waals surface area contributed by atoms with E-state index in [-0.39, 0.29) is 5.91 Å². The van der Waals surface area contributed by atoms with Gasteiger partial charge in [-0.1, -0.05) is 17.7 Å². The Kier molecular flexibility index (Phi) is 8.17. The number of nitrogens with one attached hydrogen (secondary N) is 1. The van der Waals surface area contributed by atoms with E-state index in [2.05, 4.69) is 20.2 Å². The Hall–Kier alpha value is -2.74. The van der Waals surface area contributed by atoms with E-state index in [4.69, 9.17) is 11.6 Å². The Bertz CT molecular complexity index is 875. The van der Waals surface area contributed by atoms with Crippen LogP contribution >= 0.6 is 11.6 Å². The van der Waals surface area contributed by atoms with E-state index in [0.717, 1.165) is 42.1 Å². The average Bonchev–Trinajstić information content (AvgIpc) is 3.10. The summed E-state index contributed by atoms with van der Waals surface area (Å²) in [6.45, 7) is 6.97. The van der Waals surface area contributed by atoms with Crippen LogP contribution in [0.3, 0.4) is 0 Å². The number of rotatable bonds is 7. The standard InChI is InChI=1S/C22H32ClN7O/c1-4-24-22(28(3)17-19-15-18(23)16-27(19)2)26-10-8-21(31)30-13-11-29(12-14-30)20-7-5-6-9-25-20/h5-7,9,15-16H,4,8,10-14,17H2,1-3H3,(H,24,26). The number of aliphatic imine (C=N–C) groups is 1. The second kappa shape index (κ2) is 11.0. The van der Waals surface area contributed by atoms with Gasteiger partial charge in [0.05, 0.1) is 18.1 Å². The van der Waals surface area contributed by atoms with Gasteiger partial charge in [0.2, 0.25) is 5.91 Å². The fraction of sp³-hybridized carbons (Fsp3) is 0.500. The minimum Gasteiger partial charge on any atom is -0.357 e. The molecule has 9 heteroatoms. The molecular weight excluding hydrogens is 414 g/mol. The number of amides is 1. The molecule has 1 aliphatic heterocycles. The summed E-state index contributed by atoms with van der Waals surface area (Å²) in [5.41, 5.74) is 1.10. The number of piperazine rings is 1. The first-order valence-corrected chi connectivity index (χ1v) is 11.1. The third-order valence-corrected chi connectivity index (χ3v) is 5.57. The number of aryl methyl sites for hydroxylation is 1. The lowest BCUT2D eigenvalue weighted by molar-refractivity contribution is -0.131. The monoisotopic (exact) mass is 445 g/mol. The largest absolute Gasteiger partial charge is 0.357 e. The molecule has 1 N–H and O–H groups in total. The summed E-state index contributed by atoms with van der Waals surface area (Å²) >= 11 is 6.09. The molecule has 2 aromatic heterocycles. The molecule has 1 aliphatic rings. The van der Waals surface area contributed by atoms with Gasteiger partial charge < -0.3 is 24.6 Å². The van der Waals surface area contributed by atoms with Crippen LogP contribution in [0.25, 0.3) is 0 Å². The maximum Gasteiger partial charge on any atom is 0.224 e. The van der Waals surface area contributed by atoms with E-state index in [9.17, 15) is 4.79 Å². The molecule has 3 rings (SSSR count). The molecule has 1 amide bonds. The second-order valence-electron chi connectivity index (χ2n) is 7.66. The van der Waals surface area contributed by atoms with Gasteiger partial charge in [0.25, 0.3) is 0 Å². The van der Waals surface area contributed by atoms with Crippen LogP contribution in [0.1, 0.15) is 19.0 Å². The molecular formula is C22H32ClN7O. The van der Waals surface area contributed by atoms with Crippen molar-refractivity contribution in [2.75, 3.05) is 51.2 Å². The molecule has 0 aliphatic carbocycles. The van der Waals surface area contributed by atoms with Crippen LogP contribution in [0.2, 0.25) is 5.02 Å². The van der Waals surface area contributed by atoms with Crippen molar-refractivity contribution in [3.8, 4) is 0 Å². The topological polar surface area (TPSA) is 69.0 Å². The summed E-state index contributed by atoms with van der Waals surface area (Å²) in [6, 6.07) is 7.87. The number of aromatic nitrogens is 2. The number of hydrogen-bond acceptors (Lipinski definition) is 4. The van der Waals surface area contributed by atoms with Gasteiger partial charge in [-0.05, 0) is 25.1 Å². The summed E-state index contributed by atoms with van der Waals surface area (Å²) in [5.74, 6) is 1.90. The van der Waals surface area contributed by atoms with Crippen molar-refractivity contribution in [1.82, 2.24) is 24.7 Å². The van der Waals surface area contributed by atoms with E-state index in [1.807, 2.05) is 65.8 Å². The van der Waals surface area contributed by atoms with Crippen molar-refractivity contribution >= 4 is 29.3 Å². The third-order valence-electron chi connectivity index (χ3n) is 5.36. The minimum atomic E-state index is 0.150. The molecule has 3 heterocycles. The van der Waals surface area contributed by atoms with Crippen LogP contribution < -0.4 is 10.2 Å². The molecule has 168 valence electrons. The Morgan fingerprint density at radius 3 is 2.68 bits per heavy atom. The van der Waals surface area contributed by atoms with E-state index >= 15 is 0 Å². The number of pyridine rings is 1. The van der Waals surface area contributed by atoms with Gasteiger partial charge in [0.15, 0.2) is 5.96 Å². The summed E-state index contributed by atoms with van der Waals surface area (Å²) in [7, 11) is 3.96. The van der Waals surface area contributed by atoms with E-state index < -0.39 is 0 Å². The normalized spacial score (nSPS) is 14.6. The summed E-state index contributed by atoms with van der Waals surface area (Å²) in [5, 5.41) is 4.02. The molecule has 31 heavy (non-hydrogen) atoms. The molecule has 0 atom stereocenters. The van der Waals surface area contributed by atoms with Crippen LogP contribution in [0, 0.1) is 0 Å². The van der Waals surface area contributed by atoms with Gasteiger partial charge in [-0.3, -0.25) is 9.79 Å². The number of halogens is 1. The van der Waals surface area contributed by atoms with Crippen molar-refractivity contribution in [2.45, 2.75) is 19.9 Å². The van der Waals surface area contributed by atoms with E-state index in [0.29, 0.717) is 32.6 Å². The average molecular weight is 446 g/mol. The Morgan fingerprint density at radius 1 is 1.29 bits per heavy atom. The van der Waals surface area contributed by atoms with Crippen LogP contribution in [-0.2, 0) is 18.4 Å². The number of carbonyl (C=O) groups excluding carboxylic acids is 1. The molecule has 1 saturated heterocycles. The predicted molar refractivity (Wildman–Crippen MR) is 126 cm³/mol. The highest BCUT2D eigenvalue weighted by Gasteiger charge is 2.21. The van der Waals surface area contributed by atoms with Gasteiger partial charge in [-0.15, -0.1) is 0 Å². The van der Waals surface area contributed by atoms with Crippen molar-refractivity contribution in [3.63, 3.8) is 0 Å². The van der Waals surface area contributed by atoms with Gasteiger partial charge >= 0.3 is 0 Å². The lowest BCUT2D eigenvalue weighted by Gasteiger charge is -2.35. The number of hydrogen-bond donors (Lipinski definition) is 1. The first kappa shape index (κ1) is 22.9. The van der Waals surface area contributed by atoms with Crippen molar-refractivity contribution < 1.29 is 4.79 Å². The van der Waals surface area contributed by atoms with Gasteiger partial charge in [0, 0.05) is 71.3 Å². The lowest BCUT2D eigenvalue weighted by atomic mass is 10.2. The van der Waals surface area contributed by atoms with Crippen LogP contribution in [0.5, 0.6) is 0 Å². The fourth-order valence-corrected chi connectivity index (χ4v) is 3.92. The molecule has 8 nitrogen and oxygen atoms in total.